The van der Waals surface area contributed by atoms with Gasteiger partial charge in [0.15, 0.2) is 29.7 Å². The summed E-state index contributed by atoms with van der Waals surface area (Å²) in [5.41, 5.74) is -1.70. The first kappa shape index (κ1) is 50.5. The molecule has 0 saturated carbocycles. The first-order valence-electron chi connectivity index (χ1n) is 20.9. The average molecular weight is 943 g/mol. The van der Waals surface area contributed by atoms with Crippen LogP contribution in [0.15, 0.2) is 39.5 Å². The van der Waals surface area contributed by atoms with Crippen molar-refractivity contribution in [3.8, 4) is 40.1 Å². The molecule has 17 unspecified atom stereocenters. The largest absolute Gasteiger partial charge is 0.507 e. The molecule has 3 fully saturated rings. The number of aliphatic hydroxyl groups excluding tert-OH is 9. The SMILES string of the molecule is CCC(C)C(=O)OC1C(Oc2cc(O)c3c(=O)c(OC4OC(CO)C(O)C(O)C4O)c(-c4ccc(O)c(O)c4)oc3c2)OC(C)C(O)C1OC1OC(COC(=O)C(C)CO)C(O)C(O)C1O. The van der Waals surface area contributed by atoms with Crippen molar-refractivity contribution in [2.24, 2.45) is 11.8 Å². The Morgan fingerprint density at radius 3 is 1.98 bits per heavy atom. The normalized spacial score (nSPS) is 33.4. The number of phenols is 3. The number of hydrogen-bond acceptors (Lipinski definition) is 24. The van der Waals surface area contributed by atoms with Crippen LogP contribution in [0.1, 0.15) is 34.1 Å². The number of ether oxygens (including phenoxy) is 8. The van der Waals surface area contributed by atoms with Crippen LogP contribution in [0.25, 0.3) is 22.3 Å². The number of aliphatic hydroxyl groups is 9. The summed E-state index contributed by atoms with van der Waals surface area (Å²) >= 11 is 0. The van der Waals surface area contributed by atoms with Crippen LogP contribution in [0.4, 0.5) is 0 Å². The molecular weight excluding hydrogens is 888 g/mol. The van der Waals surface area contributed by atoms with Crippen molar-refractivity contribution >= 4 is 22.9 Å². The number of benzene rings is 2. The molecule has 4 heterocycles. The second-order valence-corrected chi connectivity index (χ2v) is 16.3. The third kappa shape index (κ3) is 10.3. The summed E-state index contributed by atoms with van der Waals surface area (Å²) in [6.45, 7) is 3.91. The second kappa shape index (κ2) is 20.9. The highest BCUT2D eigenvalue weighted by molar-refractivity contribution is 5.88. The zero-order chi connectivity index (χ0) is 48.5. The number of carbonyl (C=O) groups excluding carboxylic acids is 2. The number of aromatic hydroxyl groups is 3. The van der Waals surface area contributed by atoms with Gasteiger partial charge in [-0.05, 0) is 38.5 Å². The maximum absolute atomic E-state index is 14.2. The van der Waals surface area contributed by atoms with Gasteiger partial charge >= 0.3 is 11.9 Å². The molecule has 0 bridgehead atoms. The fourth-order valence-corrected chi connectivity index (χ4v) is 7.18. The van der Waals surface area contributed by atoms with Crippen LogP contribution in [0, 0.1) is 11.8 Å². The van der Waals surface area contributed by atoms with E-state index in [1.54, 1.807) is 6.92 Å². The van der Waals surface area contributed by atoms with E-state index in [1.165, 1.54) is 26.8 Å². The molecule has 3 saturated heterocycles. The van der Waals surface area contributed by atoms with Crippen LogP contribution >= 0.6 is 0 Å². The molecule has 0 aliphatic carbocycles. The van der Waals surface area contributed by atoms with Crippen LogP contribution in [-0.4, -0.2) is 185 Å². The highest BCUT2D eigenvalue weighted by atomic mass is 16.8. The van der Waals surface area contributed by atoms with Crippen molar-refractivity contribution in [2.45, 2.75) is 126 Å². The predicted octanol–water partition coefficient (Wildman–Crippen LogP) is -2.44. The van der Waals surface area contributed by atoms with E-state index in [0.717, 1.165) is 24.3 Å². The van der Waals surface area contributed by atoms with Gasteiger partial charge in [-0.2, -0.15) is 0 Å². The van der Waals surface area contributed by atoms with Gasteiger partial charge in [-0.3, -0.25) is 14.4 Å². The fourth-order valence-electron chi connectivity index (χ4n) is 7.18. The van der Waals surface area contributed by atoms with E-state index in [-0.39, 0.29) is 17.7 Å². The lowest BCUT2D eigenvalue weighted by Gasteiger charge is -2.46. The molecule has 24 nitrogen and oxygen atoms in total. The highest BCUT2D eigenvalue weighted by Gasteiger charge is 2.53. The lowest BCUT2D eigenvalue weighted by molar-refractivity contribution is -0.351. The first-order chi connectivity index (χ1) is 31.2. The summed E-state index contributed by atoms with van der Waals surface area (Å²) in [4.78, 5) is 39.8. The Morgan fingerprint density at radius 1 is 0.697 bits per heavy atom. The molecule has 3 aromatic rings. The fraction of sp³-hybridized carbons (Fsp3) is 0.595. The summed E-state index contributed by atoms with van der Waals surface area (Å²) in [7, 11) is 0. The number of fused-ring (bicyclic) bond motifs is 1. The first-order valence-corrected chi connectivity index (χ1v) is 20.9. The predicted molar refractivity (Wildman–Crippen MR) is 216 cm³/mol. The number of phenolic OH excluding ortho intramolecular Hbond substituents is 3. The highest BCUT2D eigenvalue weighted by Crippen LogP contribution is 2.41. The van der Waals surface area contributed by atoms with Crippen molar-refractivity contribution in [1.82, 2.24) is 0 Å². The van der Waals surface area contributed by atoms with E-state index in [2.05, 4.69) is 0 Å². The molecule has 3 aliphatic heterocycles. The minimum Gasteiger partial charge on any atom is -0.507 e. The van der Waals surface area contributed by atoms with Gasteiger partial charge < -0.3 is 104 Å². The molecule has 24 heteroatoms. The molecule has 0 amide bonds. The minimum absolute atomic E-state index is 0.130. The summed E-state index contributed by atoms with van der Waals surface area (Å²) < 4.78 is 51.8. The van der Waals surface area contributed by atoms with Crippen molar-refractivity contribution in [3.05, 3.63) is 40.6 Å². The molecule has 12 N–H and O–H groups in total. The van der Waals surface area contributed by atoms with Gasteiger partial charge in [0.1, 0.15) is 90.1 Å². The van der Waals surface area contributed by atoms with Crippen LogP contribution in [-0.2, 0) is 38.0 Å². The van der Waals surface area contributed by atoms with E-state index in [1.807, 2.05) is 0 Å². The zero-order valence-electron chi connectivity index (χ0n) is 35.8. The van der Waals surface area contributed by atoms with E-state index in [9.17, 15) is 75.7 Å². The molecule has 3 aliphatic rings. The Bertz CT molecular complexity index is 2230. The minimum atomic E-state index is -2.01. The van der Waals surface area contributed by atoms with E-state index in [0.29, 0.717) is 0 Å². The van der Waals surface area contributed by atoms with Crippen molar-refractivity contribution in [2.75, 3.05) is 19.8 Å². The second-order valence-electron chi connectivity index (χ2n) is 16.3. The molecule has 66 heavy (non-hydrogen) atoms. The number of carbonyl (C=O) groups is 2. The number of esters is 2. The average Bonchev–Trinajstić information content (AvgIpc) is 3.29. The van der Waals surface area contributed by atoms with Crippen LogP contribution in [0.2, 0.25) is 0 Å². The standard InChI is InChI=1S/C42H54O24/c1-5-14(2)39(57)64-37-35(65-41-33(55)31(53)28(50)24(63-41)13-58-38(56)15(3)11-43)26(48)16(4)59-42(37)60-18-9-21(47)25-22(10-18)61-34(17-6-7-19(45)20(46)8-17)36(29(25)51)66-40-32(54)30(52)27(49)23(12-44)62-40/h6-10,14-16,23-24,26-28,30-33,35,37,40-50,52-55H,5,11-13H2,1-4H3. The summed E-state index contributed by atoms with van der Waals surface area (Å²) in [5, 5.41) is 125. The molecule has 0 spiro atoms. The summed E-state index contributed by atoms with van der Waals surface area (Å²) in [6, 6.07) is 5.19. The maximum Gasteiger partial charge on any atom is 0.311 e. The van der Waals surface area contributed by atoms with Gasteiger partial charge in [0, 0.05) is 17.7 Å². The van der Waals surface area contributed by atoms with Crippen LogP contribution in [0.3, 0.4) is 0 Å². The van der Waals surface area contributed by atoms with Gasteiger partial charge in [-0.15, -0.1) is 0 Å². The number of hydrogen-bond donors (Lipinski definition) is 12. The lowest BCUT2D eigenvalue weighted by Crippen LogP contribution is -2.65. The molecule has 17 atom stereocenters. The molecule has 2 aromatic carbocycles. The Hall–Kier alpha value is -4.93. The third-order valence-corrected chi connectivity index (χ3v) is 11.5. The molecule has 0 radical (unpaired) electrons. The molecule has 366 valence electrons. The topological polar surface area (TPSA) is 381 Å². The van der Waals surface area contributed by atoms with Gasteiger partial charge in [0.25, 0.3) is 0 Å². The van der Waals surface area contributed by atoms with Gasteiger partial charge in [-0.1, -0.05) is 13.8 Å². The van der Waals surface area contributed by atoms with Crippen molar-refractivity contribution in [3.63, 3.8) is 0 Å². The molecule has 6 rings (SSSR count). The van der Waals surface area contributed by atoms with Crippen molar-refractivity contribution < 1.29 is 113 Å². The lowest BCUT2D eigenvalue weighted by atomic mass is 9.97. The van der Waals surface area contributed by atoms with E-state index in [4.69, 9.17) is 42.3 Å². The van der Waals surface area contributed by atoms with Crippen molar-refractivity contribution in [1.29, 1.82) is 0 Å². The maximum atomic E-state index is 14.2. The Kier molecular flexibility index (Phi) is 16.0. The van der Waals surface area contributed by atoms with Gasteiger partial charge in [-0.25, -0.2) is 0 Å². The Balaban J connectivity index is 1.37. The molecular formula is C42H54O24. The Morgan fingerprint density at radius 2 is 1.35 bits per heavy atom. The molecule has 1 aromatic heterocycles. The summed E-state index contributed by atoms with van der Waals surface area (Å²) in [6.07, 6.45) is -26.2. The number of rotatable bonds is 15. The zero-order valence-corrected chi connectivity index (χ0v) is 35.8. The summed E-state index contributed by atoms with van der Waals surface area (Å²) in [5.74, 6) is -7.10. The Labute approximate surface area is 374 Å². The quantitative estimate of drug-likeness (QED) is 0.0556. The van der Waals surface area contributed by atoms with E-state index < -0.39 is 181 Å². The monoisotopic (exact) mass is 942 g/mol. The smallest absolute Gasteiger partial charge is 0.311 e. The van der Waals surface area contributed by atoms with Crippen LogP contribution in [0.5, 0.6) is 28.7 Å². The third-order valence-electron chi connectivity index (χ3n) is 11.5. The van der Waals surface area contributed by atoms with Crippen LogP contribution < -0.4 is 14.9 Å². The van der Waals surface area contributed by atoms with Gasteiger partial charge in [0.2, 0.25) is 23.8 Å². The van der Waals surface area contributed by atoms with Gasteiger partial charge in [0.05, 0.1) is 31.2 Å². The van der Waals surface area contributed by atoms with E-state index >= 15 is 0 Å².